The normalized spacial score (nSPS) is 11.0. The molecule has 6 nitrogen and oxygen atoms in total. The molecule has 7 heteroatoms. The van der Waals surface area contributed by atoms with Crippen LogP contribution in [0.1, 0.15) is 35.8 Å². The first-order valence-corrected chi connectivity index (χ1v) is 8.34. The van der Waals surface area contributed by atoms with Crippen LogP contribution in [0.15, 0.2) is 48.5 Å². The van der Waals surface area contributed by atoms with Crippen LogP contribution in [-0.2, 0) is 6.54 Å². The van der Waals surface area contributed by atoms with Gasteiger partial charge in [-0.15, -0.1) is 5.10 Å². The monoisotopic (exact) mass is 353 g/mol. The van der Waals surface area contributed by atoms with Crippen LogP contribution in [-0.4, -0.2) is 38.1 Å². The van der Waals surface area contributed by atoms with Crippen LogP contribution in [0.25, 0.3) is 11.4 Å². The number of hydrogen-bond acceptors (Lipinski definition) is 4. The summed E-state index contributed by atoms with van der Waals surface area (Å²) < 4.78 is 15.5. The van der Waals surface area contributed by atoms with Crippen molar-refractivity contribution in [1.29, 1.82) is 0 Å². The minimum atomic E-state index is -0.322. The van der Waals surface area contributed by atoms with E-state index in [4.69, 9.17) is 0 Å². The Balaban J connectivity index is 1.84. The minimum Gasteiger partial charge on any atom is -0.337 e. The lowest BCUT2D eigenvalue weighted by Crippen LogP contribution is -2.26. The topological polar surface area (TPSA) is 63.9 Å². The second kappa shape index (κ2) is 7.43. The molecule has 3 aromatic rings. The van der Waals surface area contributed by atoms with Gasteiger partial charge in [0.15, 0.2) is 5.82 Å². The quantitative estimate of drug-likeness (QED) is 0.706. The van der Waals surface area contributed by atoms with Gasteiger partial charge < -0.3 is 4.90 Å². The minimum absolute atomic E-state index is 0.100. The van der Waals surface area contributed by atoms with Crippen molar-refractivity contribution < 1.29 is 9.18 Å². The molecule has 1 amide bonds. The number of tetrazole rings is 1. The van der Waals surface area contributed by atoms with Gasteiger partial charge in [0.25, 0.3) is 5.91 Å². The molecule has 0 radical (unpaired) electrons. The fourth-order valence-electron chi connectivity index (χ4n) is 2.70. The average Bonchev–Trinajstić information content (AvgIpc) is 3.13. The molecule has 0 aliphatic carbocycles. The van der Waals surface area contributed by atoms with Crippen molar-refractivity contribution in [3.8, 4) is 11.4 Å². The van der Waals surface area contributed by atoms with Gasteiger partial charge in [0.1, 0.15) is 5.82 Å². The third-order valence-corrected chi connectivity index (χ3v) is 4.06. The molecule has 0 saturated heterocycles. The van der Waals surface area contributed by atoms with Crippen molar-refractivity contribution >= 4 is 5.91 Å². The second-order valence-corrected chi connectivity index (χ2v) is 6.37. The van der Waals surface area contributed by atoms with Crippen LogP contribution in [0.4, 0.5) is 4.39 Å². The Bertz CT molecular complexity index is 922. The van der Waals surface area contributed by atoms with Crippen molar-refractivity contribution in [2.45, 2.75) is 26.4 Å². The predicted molar refractivity (Wildman–Crippen MR) is 95.8 cm³/mol. The number of nitrogens with zero attached hydrogens (tertiary/aromatic N) is 5. The molecule has 0 atom stereocenters. The summed E-state index contributed by atoms with van der Waals surface area (Å²) in [5.41, 5.74) is 1.73. The van der Waals surface area contributed by atoms with Crippen LogP contribution >= 0.6 is 0 Å². The number of amides is 1. The highest BCUT2D eigenvalue weighted by Crippen LogP contribution is 2.21. The van der Waals surface area contributed by atoms with Gasteiger partial charge in [0.2, 0.25) is 0 Å². The maximum Gasteiger partial charge on any atom is 0.253 e. The standard InChI is InChI=1S/C19H20FN5O/c1-13(2)25-18(21-22-23-25)14-8-6-9-15(11-14)19(26)24(3)12-16-7-4-5-10-17(16)20/h4-11,13H,12H2,1-3H3. The van der Waals surface area contributed by atoms with Crippen molar-refractivity contribution in [3.05, 3.63) is 65.5 Å². The maximum absolute atomic E-state index is 13.8. The molecular weight excluding hydrogens is 333 g/mol. The van der Waals surface area contributed by atoms with Crippen molar-refractivity contribution in [1.82, 2.24) is 25.1 Å². The van der Waals surface area contributed by atoms with E-state index in [0.29, 0.717) is 17.0 Å². The zero-order valence-electron chi connectivity index (χ0n) is 14.9. The van der Waals surface area contributed by atoms with Crippen molar-refractivity contribution in [2.24, 2.45) is 0 Å². The first-order chi connectivity index (χ1) is 12.5. The molecule has 3 rings (SSSR count). The lowest BCUT2D eigenvalue weighted by molar-refractivity contribution is 0.0784. The van der Waals surface area contributed by atoms with Gasteiger partial charge in [0, 0.05) is 30.3 Å². The summed E-state index contributed by atoms with van der Waals surface area (Å²) in [5.74, 6) is 0.0853. The number of halogens is 1. The number of benzene rings is 2. The maximum atomic E-state index is 13.8. The van der Waals surface area contributed by atoms with Gasteiger partial charge in [-0.3, -0.25) is 4.79 Å². The van der Waals surface area contributed by atoms with Crippen LogP contribution < -0.4 is 0 Å². The van der Waals surface area contributed by atoms with Gasteiger partial charge in [-0.05, 0) is 42.5 Å². The Kier molecular flexibility index (Phi) is 5.06. The lowest BCUT2D eigenvalue weighted by Gasteiger charge is -2.18. The highest BCUT2D eigenvalue weighted by Gasteiger charge is 2.17. The molecule has 0 aliphatic heterocycles. The molecule has 0 fully saturated rings. The van der Waals surface area contributed by atoms with Gasteiger partial charge in [-0.25, -0.2) is 9.07 Å². The molecule has 134 valence electrons. The molecule has 1 heterocycles. The summed E-state index contributed by atoms with van der Waals surface area (Å²) in [6, 6.07) is 13.7. The van der Waals surface area contributed by atoms with Gasteiger partial charge >= 0.3 is 0 Å². The van der Waals surface area contributed by atoms with Crippen molar-refractivity contribution in [2.75, 3.05) is 7.05 Å². The zero-order chi connectivity index (χ0) is 18.7. The zero-order valence-corrected chi connectivity index (χ0v) is 14.9. The largest absolute Gasteiger partial charge is 0.337 e. The molecule has 0 spiro atoms. The molecule has 0 bridgehead atoms. The third kappa shape index (κ3) is 3.61. The average molecular weight is 353 g/mol. The number of aromatic nitrogens is 4. The Hall–Kier alpha value is -3.09. The molecule has 0 aliphatic rings. The number of rotatable bonds is 5. The van der Waals surface area contributed by atoms with Gasteiger partial charge in [-0.1, -0.05) is 30.3 Å². The van der Waals surface area contributed by atoms with Crippen molar-refractivity contribution in [3.63, 3.8) is 0 Å². The summed E-state index contributed by atoms with van der Waals surface area (Å²) in [6.45, 7) is 4.16. The SMILES string of the molecule is CC(C)n1nnnc1-c1cccc(C(=O)N(C)Cc2ccccc2F)c1. The number of hydrogen-bond donors (Lipinski definition) is 0. The van der Waals surface area contributed by atoms with E-state index >= 15 is 0 Å². The van der Waals surface area contributed by atoms with E-state index in [1.807, 2.05) is 19.9 Å². The van der Waals surface area contributed by atoms with E-state index in [1.54, 1.807) is 48.1 Å². The van der Waals surface area contributed by atoms with Crippen LogP contribution in [0, 0.1) is 5.82 Å². The van der Waals surface area contributed by atoms with Crippen LogP contribution in [0.2, 0.25) is 0 Å². The second-order valence-electron chi connectivity index (χ2n) is 6.37. The summed E-state index contributed by atoms with van der Waals surface area (Å²) >= 11 is 0. The highest BCUT2D eigenvalue weighted by atomic mass is 19.1. The number of carbonyl (C=O) groups is 1. The molecule has 0 unspecified atom stereocenters. The van der Waals surface area contributed by atoms with E-state index in [-0.39, 0.29) is 24.3 Å². The fraction of sp³-hybridized carbons (Fsp3) is 0.263. The Morgan fingerprint density at radius 1 is 1.19 bits per heavy atom. The Labute approximate surface area is 151 Å². The van der Waals surface area contributed by atoms with E-state index < -0.39 is 0 Å². The first kappa shape index (κ1) is 17.7. The van der Waals surface area contributed by atoms with E-state index in [2.05, 4.69) is 15.5 Å². The van der Waals surface area contributed by atoms with E-state index in [9.17, 15) is 9.18 Å². The summed E-state index contributed by atoms with van der Waals surface area (Å²) in [6.07, 6.45) is 0. The highest BCUT2D eigenvalue weighted by molar-refractivity contribution is 5.95. The third-order valence-electron chi connectivity index (χ3n) is 4.06. The molecular formula is C19H20FN5O. The fourth-order valence-corrected chi connectivity index (χ4v) is 2.70. The first-order valence-electron chi connectivity index (χ1n) is 8.34. The summed E-state index contributed by atoms with van der Waals surface area (Å²) in [5, 5.41) is 11.8. The molecule has 2 aromatic carbocycles. The smallest absolute Gasteiger partial charge is 0.253 e. The lowest BCUT2D eigenvalue weighted by atomic mass is 10.1. The van der Waals surface area contributed by atoms with Crippen LogP contribution in [0.5, 0.6) is 0 Å². The molecule has 1 aromatic heterocycles. The number of carbonyl (C=O) groups excluding carboxylic acids is 1. The molecule has 0 N–H and O–H groups in total. The molecule has 0 saturated carbocycles. The van der Waals surface area contributed by atoms with Gasteiger partial charge in [0.05, 0.1) is 6.04 Å². The van der Waals surface area contributed by atoms with Crippen LogP contribution in [0.3, 0.4) is 0 Å². The Morgan fingerprint density at radius 2 is 1.96 bits per heavy atom. The van der Waals surface area contributed by atoms with Gasteiger partial charge in [-0.2, -0.15) is 0 Å². The van der Waals surface area contributed by atoms with E-state index in [1.165, 1.54) is 11.0 Å². The Morgan fingerprint density at radius 3 is 2.69 bits per heavy atom. The summed E-state index contributed by atoms with van der Waals surface area (Å²) in [7, 11) is 1.65. The van der Waals surface area contributed by atoms with E-state index in [0.717, 1.165) is 5.56 Å². The molecule has 26 heavy (non-hydrogen) atoms. The predicted octanol–water partition coefficient (Wildman–Crippen LogP) is 3.33. The summed E-state index contributed by atoms with van der Waals surface area (Å²) in [4.78, 5) is 14.2.